The predicted octanol–water partition coefficient (Wildman–Crippen LogP) is 5.30. The van der Waals surface area contributed by atoms with Crippen LogP contribution in [0.2, 0.25) is 18.1 Å². The second kappa shape index (κ2) is 8.93. The van der Waals surface area contributed by atoms with Crippen molar-refractivity contribution in [1.82, 2.24) is 0 Å². The smallest absolute Gasteiger partial charge is 0.192 e. The van der Waals surface area contributed by atoms with Gasteiger partial charge in [0.25, 0.3) is 0 Å². The van der Waals surface area contributed by atoms with Gasteiger partial charge in [-0.1, -0.05) is 69.3 Å². The van der Waals surface area contributed by atoms with Crippen LogP contribution in [0.1, 0.15) is 32.8 Å². The van der Waals surface area contributed by atoms with Crippen molar-refractivity contribution in [3.05, 3.63) is 60.2 Å². The highest BCUT2D eigenvalue weighted by molar-refractivity contribution is 6.74. The molecule has 2 atom stereocenters. The van der Waals surface area contributed by atoms with Crippen molar-refractivity contribution >= 4 is 14.1 Å². The van der Waals surface area contributed by atoms with Gasteiger partial charge in [0.1, 0.15) is 0 Å². The van der Waals surface area contributed by atoms with Gasteiger partial charge in [-0.15, -0.1) is 0 Å². The third-order valence-corrected chi connectivity index (χ3v) is 9.80. The number of hydrogen-bond acceptors (Lipinski definition) is 3. The minimum atomic E-state index is -1.96. The maximum absolute atomic E-state index is 12.2. The molecule has 0 N–H and O–H groups in total. The fourth-order valence-electron chi connectivity index (χ4n) is 2.65. The number of hydrogen-bond donors (Lipinski definition) is 0. The lowest BCUT2D eigenvalue weighted by Gasteiger charge is -2.39. The van der Waals surface area contributed by atoms with E-state index in [1.54, 1.807) is 6.08 Å². The molecule has 0 radical (unpaired) electrons. The van der Waals surface area contributed by atoms with Crippen molar-refractivity contribution in [2.75, 3.05) is 6.61 Å². The van der Waals surface area contributed by atoms with E-state index in [1.807, 2.05) is 36.4 Å². The Labute approximate surface area is 159 Å². The van der Waals surface area contributed by atoms with Crippen LogP contribution in [-0.2, 0) is 20.6 Å². The summed E-state index contributed by atoms with van der Waals surface area (Å²) in [6.45, 7) is 12.2. The summed E-state index contributed by atoms with van der Waals surface area (Å²) in [5.74, 6) is 0.0676. The molecule has 142 valence electrons. The van der Waals surface area contributed by atoms with Gasteiger partial charge in [0.15, 0.2) is 14.1 Å². The van der Waals surface area contributed by atoms with Crippen LogP contribution in [0.15, 0.2) is 54.6 Å². The van der Waals surface area contributed by atoms with Gasteiger partial charge < -0.3 is 9.16 Å². The average molecular weight is 373 g/mol. The van der Waals surface area contributed by atoms with Crippen molar-refractivity contribution in [2.45, 2.75) is 58.0 Å². The predicted molar refractivity (Wildman–Crippen MR) is 110 cm³/mol. The highest BCUT2D eigenvalue weighted by atomic mass is 28.4. The SMILES string of the molecule is CC(C)(C)[Si](C)(C)O[C@H](/C=C/COCc1ccccc1)[C@@H]1CC=CC1=O. The Morgan fingerprint density at radius 1 is 1.23 bits per heavy atom. The molecule has 0 spiro atoms. The number of carbonyl (C=O) groups is 1. The molecule has 0 saturated carbocycles. The Balaban J connectivity index is 1.96. The van der Waals surface area contributed by atoms with Crippen molar-refractivity contribution < 1.29 is 14.0 Å². The van der Waals surface area contributed by atoms with E-state index < -0.39 is 8.32 Å². The van der Waals surface area contributed by atoms with E-state index >= 15 is 0 Å². The lowest BCUT2D eigenvalue weighted by Crippen LogP contribution is -2.46. The molecule has 0 unspecified atom stereocenters. The van der Waals surface area contributed by atoms with Crippen molar-refractivity contribution in [1.29, 1.82) is 0 Å². The van der Waals surface area contributed by atoms with E-state index in [0.29, 0.717) is 13.2 Å². The Bertz CT molecular complexity index is 641. The molecule has 1 aromatic rings. The first-order valence-corrected chi connectivity index (χ1v) is 12.3. The van der Waals surface area contributed by atoms with E-state index in [0.717, 1.165) is 12.0 Å². The van der Waals surface area contributed by atoms with Crippen molar-refractivity contribution in [2.24, 2.45) is 5.92 Å². The summed E-state index contributed by atoms with van der Waals surface area (Å²) in [4.78, 5) is 12.2. The summed E-state index contributed by atoms with van der Waals surface area (Å²) in [6.07, 6.45) is 8.24. The molecule has 0 saturated heterocycles. The molecule has 26 heavy (non-hydrogen) atoms. The first-order valence-electron chi connectivity index (χ1n) is 9.37. The molecule has 4 heteroatoms. The van der Waals surface area contributed by atoms with Crippen molar-refractivity contribution in [3.8, 4) is 0 Å². The summed E-state index contributed by atoms with van der Waals surface area (Å²) < 4.78 is 12.3. The maximum Gasteiger partial charge on any atom is 0.192 e. The number of allylic oxidation sites excluding steroid dienone is 2. The van der Waals surface area contributed by atoms with Gasteiger partial charge in [-0.3, -0.25) is 4.79 Å². The fraction of sp³-hybridized carbons (Fsp3) is 0.500. The number of ether oxygens (including phenoxy) is 1. The largest absolute Gasteiger partial charge is 0.410 e. The molecule has 0 heterocycles. The number of benzene rings is 1. The summed E-state index contributed by atoms with van der Waals surface area (Å²) in [5, 5.41) is 0.109. The second-order valence-electron chi connectivity index (χ2n) is 8.42. The van der Waals surface area contributed by atoms with Crippen LogP contribution in [0.25, 0.3) is 0 Å². The lowest BCUT2D eigenvalue weighted by molar-refractivity contribution is -0.119. The molecule has 0 aliphatic heterocycles. The molecule has 2 rings (SSSR count). The summed E-state index contributed by atoms with van der Waals surface area (Å²) in [5.41, 5.74) is 1.16. The van der Waals surface area contributed by atoms with Gasteiger partial charge >= 0.3 is 0 Å². The van der Waals surface area contributed by atoms with Crippen molar-refractivity contribution in [3.63, 3.8) is 0 Å². The molecule has 3 nitrogen and oxygen atoms in total. The molecule has 1 aliphatic carbocycles. The van der Waals surface area contributed by atoms with Gasteiger partial charge in [-0.05, 0) is 36.2 Å². The molecular weight excluding hydrogens is 340 g/mol. The van der Waals surface area contributed by atoms with Gasteiger partial charge in [0.05, 0.1) is 25.2 Å². The normalized spacial score (nSPS) is 19.4. The number of carbonyl (C=O) groups excluding carboxylic acids is 1. The third kappa shape index (κ3) is 5.76. The molecule has 0 fully saturated rings. The molecule has 0 amide bonds. The van der Waals surface area contributed by atoms with E-state index in [9.17, 15) is 4.79 Å². The van der Waals surface area contributed by atoms with Crippen LogP contribution in [-0.4, -0.2) is 26.8 Å². The molecule has 0 bridgehead atoms. The molecule has 0 aromatic heterocycles. The van der Waals surface area contributed by atoms with Crippen LogP contribution in [0.5, 0.6) is 0 Å². The first-order chi connectivity index (χ1) is 12.2. The van der Waals surface area contributed by atoms with Gasteiger partial charge in [0.2, 0.25) is 0 Å². The Morgan fingerprint density at radius 3 is 2.50 bits per heavy atom. The minimum Gasteiger partial charge on any atom is -0.410 e. The molecular formula is C22H32O3Si. The van der Waals surface area contributed by atoms with Crippen LogP contribution >= 0.6 is 0 Å². The molecule has 1 aromatic carbocycles. The Hall–Kier alpha value is -1.49. The summed E-state index contributed by atoms with van der Waals surface area (Å²) in [6, 6.07) is 10.1. The zero-order valence-electron chi connectivity index (χ0n) is 16.7. The Morgan fingerprint density at radius 2 is 1.92 bits per heavy atom. The summed E-state index contributed by atoms with van der Waals surface area (Å²) >= 11 is 0. The minimum absolute atomic E-state index is 0.102. The topological polar surface area (TPSA) is 35.5 Å². The summed E-state index contributed by atoms with van der Waals surface area (Å²) in [7, 11) is -1.96. The fourth-order valence-corrected chi connectivity index (χ4v) is 3.92. The van der Waals surface area contributed by atoms with E-state index in [2.05, 4.69) is 46.0 Å². The zero-order chi connectivity index (χ0) is 19.2. The van der Waals surface area contributed by atoms with Crippen LogP contribution in [0, 0.1) is 5.92 Å². The van der Waals surface area contributed by atoms with E-state index in [1.165, 1.54) is 0 Å². The third-order valence-electron chi connectivity index (χ3n) is 5.32. The van der Waals surface area contributed by atoms with Crippen LogP contribution < -0.4 is 0 Å². The van der Waals surface area contributed by atoms with Gasteiger partial charge in [0, 0.05) is 0 Å². The van der Waals surface area contributed by atoms with Gasteiger partial charge in [-0.25, -0.2) is 0 Å². The number of rotatable bonds is 8. The quantitative estimate of drug-likeness (QED) is 0.353. The van der Waals surface area contributed by atoms with Gasteiger partial charge in [-0.2, -0.15) is 0 Å². The monoisotopic (exact) mass is 372 g/mol. The lowest BCUT2D eigenvalue weighted by atomic mass is 9.99. The standard InChI is InChI=1S/C22H32O3Si/c1-22(2,3)26(4,5)25-21(19-13-9-14-20(19)23)15-10-16-24-17-18-11-7-6-8-12-18/h6-12,14-15,19,21H,13,16-17H2,1-5H3/b15-10+/t19-,21-/m1/s1. The van der Waals surface area contributed by atoms with Crippen LogP contribution in [0.4, 0.5) is 0 Å². The Kier molecular flexibility index (Phi) is 7.15. The van der Waals surface area contributed by atoms with Crippen LogP contribution in [0.3, 0.4) is 0 Å². The first kappa shape index (κ1) is 20.8. The highest BCUT2D eigenvalue weighted by Gasteiger charge is 2.41. The molecule has 1 aliphatic rings. The highest BCUT2D eigenvalue weighted by Crippen LogP contribution is 2.39. The zero-order valence-corrected chi connectivity index (χ0v) is 17.7. The maximum atomic E-state index is 12.2. The van der Waals surface area contributed by atoms with E-state index in [-0.39, 0.29) is 22.8 Å². The number of ketones is 1. The second-order valence-corrected chi connectivity index (χ2v) is 13.2. The average Bonchev–Trinajstić information content (AvgIpc) is 2.99. The van der Waals surface area contributed by atoms with E-state index in [4.69, 9.17) is 9.16 Å².